The lowest BCUT2D eigenvalue weighted by atomic mass is 10.0. The van der Waals surface area contributed by atoms with Crippen LogP contribution in [0.15, 0.2) is 41.0 Å². The maximum Gasteiger partial charge on any atom is 0.157 e. The number of aromatic nitrogens is 1. The number of amidine groups is 1. The predicted octanol–water partition coefficient (Wildman–Crippen LogP) is 3.43. The van der Waals surface area contributed by atoms with Gasteiger partial charge in [-0.15, -0.1) is 11.3 Å². The van der Waals surface area contributed by atoms with Gasteiger partial charge >= 0.3 is 0 Å². The van der Waals surface area contributed by atoms with Crippen molar-refractivity contribution in [3.05, 3.63) is 52.0 Å². The molecule has 0 amide bonds. The van der Waals surface area contributed by atoms with Gasteiger partial charge in [0.25, 0.3) is 0 Å². The zero-order valence-corrected chi connectivity index (χ0v) is 13.0. The summed E-state index contributed by atoms with van der Waals surface area (Å²) >= 11 is 3.63. The molecule has 0 spiro atoms. The molecule has 2 aromatic heterocycles. The fraction of sp³-hybridized carbons (Fsp3) is 0.333. The number of hydrogen-bond acceptors (Lipinski definition) is 5. The van der Waals surface area contributed by atoms with Crippen molar-refractivity contribution in [2.75, 3.05) is 12.3 Å². The molecular weight excluding hydrogens is 286 g/mol. The van der Waals surface area contributed by atoms with E-state index in [9.17, 15) is 0 Å². The smallest absolute Gasteiger partial charge is 0.157 e. The molecule has 2 aromatic rings. The Labute approximate surface area is 127 Å². The van der Waals surface area contributed by atoms with Crippen LogP contribution in [0.1, 0.15) is 22.0 Å². The average molecular weight is 303 g/mol. The molecule has 104 valence electrons. The van der Waals surface area contributed by atoms with Crippen molar-refractivity contribution in [3.8, 4) is 0 Å². The Morgan fingerprint density at radius 3 is 2.80 bits per heavy atom. The van der Waals surface area contributed by atoms with Gasteiger partial charge in [0, 0.05) is 23.0 Å². The number of thiophene rings is 1. The number of pyridine rings is 1. The minimum Gasteiger partial charge on any atom is -0.357 e. The molecule has 1 atom stereocenters. The van der Waals surface area contributed by atoms with Crippen LogP contribution in [0.5, 0.6) is 0 Å². The van der Waals surface area contributed by atoms with Crippen molar-refractivity contribution < 1.29 is 0 Å². The van der Waals surface area contributed by atoms with Gasteiger partial charge in [-0.05, 0) is 48.1 Å². The summed E-state index contributed by atoms with van der Waals surface area (Å²) < 4.78 is 0. The van der Waals surface area contributed by atoms with E-state index in [1.807, 2.05) is 35.5 Å². The van der Waals surface area contributed by atoms with Gasteiger partial charge in [0.15, 0.2) is 5.17 Å². The van der Waals surface area contributed by atoms with Crippen LogP contribution in [0.3, 0.4) is 0 Å². The molecule has 5 heteroatoms. The highest BCUT2D eigenvalue weighted by Crippen LogP contribution is 2.28. The van der Waals surface area contributed by atoms with Crippen molar-refractivity contribution in [1.82, 2.24) is 10.3 Å². The Balaban J connectivity index is 1.81. The van der Waals surface area contributed by atoms with Crippen LogP contribution >= 0.6 is 23.1 Å². The van der Waals surface area contributed by atoms with Gasteiger partial charge in [0.1, 0.15) is 0 Å². The van der Waals surface area contributed by atoms with Gasteiger partial charge in [-0.1, -0.05) is 11.8 Å². The van der Waals surface area contributed by atoms with Crippen LogP contribution in [0.4, 0.5) is 0 Å². The van der Waals surface area contributed by atoms with E-state index in [2.05, 4.69) is 45.8 Å². The Kier molecular flexibility index (Phi) is 4.38. The number of hydrogen-bond donors (Lipinski definition) is 1. The summed E-state index contributed by atoms with van der Waals surface area (Å²) in [5.41, 5.74) is 2.65. The van der Waals surface area contributed by atoms with E-state index < -0.39 is 0 Å². The minimum atomic E-state index is 0.293. The van der Waals surface area contributed by atoms with Crippen molar-refractivity contribution in [2.45, 2.75) is 19.4 Å². The third-order valence-electron chi connectivity index (χ3n) is 3.29. The monoisotopic (exact) mass is 303 g/mol. The van der Waals surface area contributed by atoms with E-state index >= 15 is 0 Å². The number of thioether (sulfide) groups is 1. The Hall–Kier alpha value is -1.33. The molecule has 20 heavy (non-hydrogen) atoms. The molecule has 1 unspecified atom stereocenters. The molecule has 0 aliphatic carbocycles. The molecule has 3 rings (SSSR count). The zero-order valence-electron chi connectivity index (χ0n) is 11.4. The standard InChI is InChI=1S/C15H17N3S2/c1-11-4-8-19-14(11)13(18-15-17-7-9-20-15)10-12-2-5-16-6-3-12/h2-6,8,13H,7,9-10H2,1H3,(H,17,18). The number of rotatable bonds is 4. The molecule has 0 radical (unpaired) electrons. The molecular formula is C15H17N3S2. The molecule has 1 N–H and O–H groups in total. The fourth-order valence-electron chi connectivity index (χ4n) is 2.28. The summed E-state index contributed by atoms with van der Waals surface area (Å²) in [6.07, 6.45) is 4.68. The van der Waals surface area contributed by atoms with E-state index in [-0.39, 0.29) is 0 Å². The Morgan fingerprint density at radius 2 is 2.15 bits per heavy atom. The van der Waals surface area contributed by atoms with Gasteiger partial charge in [-0.25, -0.2) is 0 Å². The van der Waals surface area contributed by atoms with Crippen molar-refractivity contribution in [2.24, 2.45) is 4.99 Å². The molecule has 0 saturated heterocycles. The van der Waals surface area contributed by atoms with Gasteiger partial charge in [0.05, 0.1) is 12.6 Å². The minimum absolute atomic E-state index is 0.293. The fourth-order valence-corrected chi connectivity index (χ4v) is 4.04. The predicted molar refractivity (Wildman–Crippen MR) is 87.6 cm³/mol. The van der Waals surface area contributed by atoms with Crippen molar-refractivity contribution >= 4 is 28.3 Å². The van der Waals surface area contributed by atoms with Gasteiger partial charge in [-0.3, -0.25) is 9.98 Å². The highest BCUT2D eigenvalue weighted by molar-refractivity contribution is 8.14. The lowest BCUT2D eigenvalue weighted by Gasteiger charge is -2.19. The Morgan fingerprint density at radius 1 is 1.30 bits per heavy atom. The second-order valence-corrected chi connectivity index (χ2v) is 6.79. The van der Waals surface area contributed by atoms with E-state index in [1.165, 1.54) is 16.0 Å². The van der Waals surface area contributed by atoms with Crippen LogP contribution in [0.2, 0.25) is 0 Å². The molecule has 3 nitrogen and oxygen atoms in total. The summed E-state index contributed by atoms with van der Waals surface area (Å²) in [6, 6.07) is 6.65. The molecule has 0 fully saturated rings. The first-order valence-electron chi connectivity index (χ1n) is 6.69. The van der Waals surface area contributed by atoms with Crippen LogP contribution in [-0.4, -0.2) is 22.4 Å². The van der Waals surface area contributed by atoms with Crippen molar-refractivity contribution in [1.29, 1.82) is 0 Å². The highest BCUT2D eigenvalue weighted by Gasteiger charge is 2.19. The van der Waals surface area contributed by atoms with Gasteiger partial charge in [-0.2, -0.15) is 0 Å². The van der Waals surface area contributed by atoms with Crippen LogP contribution in [-0.2, 0) is 6.42 Å². The molecule has 0 saturated carbocycles. The first kappa shape index (κ1) is 13.6. The van der Waals surface area contributed by atoms with E-state index in [0.717, 1.165) is 23.9 Å². The second kappa shape index (κ2) is 6.41. The number of aliphatic imine (C=N–C) groups is 1. The largest absolute Gasteiger partial charge is 0.357 e. The molecule has 1 aliphatic rings. The summed E-state index contributed by atoms with van der Waals surface area (Å²) in [5, 5.41) is 6.85. The first-order chi connectivity index (χ1) is 9.83. The van der Waals surface area contributed by atoms with E-state index in [4.69, 9.17) is 0 Å². The zero-order chi connectivity index (χ0) is 13.8. The normalized spacial score (nSPS) is 15.9. The summed E-state index contributed by atoms with van der Waals surface area (Å²) in [7, 11) is 0. The molecule has 3 heterocycles. The van der Waals surface area contributed by atoms with Crippen molar-refractivity contribution in [3.63, 3.8) is 0 Å². The number of nitrogens with zero attached hydrogens (tertiary/aromatic N) is 2. The quantitative estimate of drug-likeness (QED) is 0.940. The summed E-state index contributed by atoms with van der Waals surface area (Å²) in [4.78, 5) is 10.0. The molecule has 0 bridgehead atoms. The maximum atomic E-state index is 4.52. The lowest BCUT2D eigenvalue weighted by molar-refractivity contribution is 0.656. The van der Waals surface area contributed by atoms with E-state index in [0.29, 0.717) is 6.04 Å². The van der Waals surface area contributed by atoms with Crippen LogP contribution in [0, 0.1) is 6.92 Å². The summed E-state index contributed by atoms with van der Waals surface area (Å²) in [6.45, 7) is 3.11. The maximum absolute atomic E-state index is 4.52. The first-order valence-corrected chi connectivity index (χ1v) is 8.56. The SMILES string of the molecule is Cc1ccsc1C(Cc1ccncc1)NC1=NCCS1. The van der Waals surface area contributed by atoms with Gasteiger partial charge < -0.3 is 5.32 Å². The number of aryl methyl sites for hydroxylation is 1. The van der Waals surface area contributed by atoms with Crippen LogP contribution < -0.4 is 5.32 Å². The van der Waals surface area contributed by atoms with Gasteiger partial charge in [0.2, 0.25) is 0 Å². The average Bonchev–Trinajstić information content (AvgIpc) is 3.11. The Bertz CT molecular complexity index is 592. The van der Waals surface area contributed by atoms with E-state index in [1.54, 1.807) is 0 Å². The van der Waals surface area contributed by atoms with Crippen LogP contribution in [0.25, 0.3) is 0 Å². The third kappa shape index (κ3) is 3.22. The molecule has 0 aromatic carbocycles. The molecule has 1 aliphatic heterocycles. The lowest BCUT2D eigenvalue weighted by Crippen LogP contribution is -2.27. The third-order valence-corrected chi connectivity index (χ3v) is 5.33. The summed E-state index contributed by atoms with van der Waals surface area (Å²) in [5.74, 6) is 1.09. The second-order valence-electron chi connectivity index (χ2n) is 4.76. The highest BCUT2D eigenvalue weighted by atomic mass is 32.2. The number of nitrogens with one attached hydrogen (secondary N) is 1. The topological polar surface area (TPSA) is 37.3 Å².